The van der Waals surface area contributed by atoms with Gasteiger partial charge in [-0.1, -0.05) is 24.3 Å². The van der Waals surface area contributed by atoms with Crippen LogP contribution in [0.5, 0.6) is 0 Å². The van der Waals surface area contributed by atoms with Crippen LogP contribution >= 0.6 is 0 Å². The SMILES string of the molecule is O=C1c2ccccc2CCCC1CCC1CCCO1. The largest absolute Gasteiger partial charge is 0.378 e. The second kappa shape index (κ2) is 5.87. The Labute approximate surface area is 115 Å². The minimum atomic E-state index is 0.216. The number of aryl methyl sites for hydroxylation is 1. The first-order chi connectivity index (χ1) is 9.34. The van der Waals surface area contributed by atoms with Gasteiger partial charge in [-0.25, -0.2) is 0 Å². The van der Waals surface area contributed by atoms with Gasteiger partial charge in [0.25, 0.3) is 0 Å². The van der Waals surface area contributed by atoms with Gasteiger partial charge in [-0.2, -0.15) is 0 Å². The molecule has 0 bridgehead atoms. The van der Waals surface area contributed by atoms with Gasteiger partial charge in [-0.3, -0.25) is 4.79 Å². The van der Waals surface area contributed by atoms with E-state index < -0.39 is 0 Å². The standard InChI is InChI=1S/C17H22O2/c18-17-14(10-11-15-8-4-12-19-15)7-3-6-13-5-1-2-9-16(13)17/h1-2,5,9,14-15H,3-4,6-8,10-12H2. The predicted molar refractivity (Wildman–Crippen MR) is 75.4 cm³/mol. The van der Waals surface area contributed by atoms with Crippen LogP contribution in [-0.4, -0.2) is 18.5 Å². The highest BCUT2D eigenvalue weighted by Crippen LogP contribution is 2.29. The molecule has 1 aromatic rings. The van der Waals surface area contributed by atoms with Crippen molar-refractivity contribution < 1.29 is 9.53 Å². The Morgan fingerprint density at radius 1 is 1.11 bits per heavy atom. The molecule has 2 aliphatic rings. The minimum absolute atomic E-state index is 0.216. The summed E-state index contributed by atoms with van der Waals surface area (Å²) in [6, 6.07) is 8.13. The van der Waals surface area contributed by atoms with Crippen molar-refractivity contribution in [2.75, 3.05) is 6.61 Å². The molecule has 0 N–H and O–H groups in total. The lowest BCUT2D eigenvalue weighted by Crippen LogP contribution is -2.17. The number of rotatable bonds is 3. The van der Waals surface area contributed by atoms with Gasteiger partial charge in [0.05, 0.1) is 6.10 Å². The average Bonchev–Trinajstić information content (AvgIpc) is 2.90. The Bertz CT molecular complexity index is 446. The maximum absolute atomic E-state index is 12.6. The molecule has 0 aromatic heterocycles. The van der Waals surface area contributed by atoms with Gasteiger partial charge in [-0.05, 0) is 50.5 Å². The van der Waals surface area contributed by atoms with Gasteiger partial charge in [0.1, 0.15) is 0 Å². The lowest BCUT2D eigenvalue weighted by Gasteiger charge is -2.16. The van der Waals surface area contributed by atoms with E-state index in [-0.39, 0.29) is 5.92 Å². The van der Waals surface area contributed by atoms with Crippen LogP contribution in [0.3, 0.4) is 0 Å². The Hall–Kier alpha value is -1.15. The number of Topliss-reactive ketones (excluding diaryl/α,β-unsaturated/α-hetero) is 1. The third-order valence-corrected chi connectivity index (χ3v) is 4.51. The molecular formula is C17H22O2. The molecule has 0 spiro atoms. The number of hydrogen-bond donors (Lipinski definition) is 0. The van der Waals surface area contributed by atoms with Crippen LogP contribution < -0.4 is 0 Å². The smallest absolute Gasteiger partial charge is 0.166 e. The molecule has 2 heteroatoms. The monoisotopic (exact) mass is 258 g/mol. The van der Waals surface area contributed by atoms with Crippen molar-refractivity contribution in [3.63, 3.8) is 0 Å². The zero-order chi connectivity index (χ0) is 13.1. The van der Waals surface area contributed by atoms with Crippen molar-refractivity contribution >= 4 is 5.78 Å². The van der Waals surface area contributed by atoms with E-state index in [0.717, 1.165) is 44.3 Å². The summed E-state index contributed by atoms with van der Waals surface area (Å²) in [5.41, 5.74) is 2.21. The van der Waals surface area contributed by atoms with E-state index in [2.05, 4.69) is 6.07 Å². The minimum Gasteiger partial charge on any atom is -0.378 e. The first kappa shape index (κ1) is 12.9. The molecule has 2 nitrogen and oxygen atoms in total. The van der Waals surface area contributed by atoms with Crippen molar-refractivity contribution in [1.82, 2.24) is 0 Å². The average molecular weight is 258 g/mol. The molecule has 1 fully saturated rings. The lowest BCUT2D eigenvalue weighted by atomic mass is 9.90. The molecular weight excluding hydrogens is 236 g/mol. The van der Waals surface area contributed by atoms with Crippen molar-refractivity contribution in [2.24, 2.45) is 5.92 Å². The zero-order valence-corrected chi connectivity index (χ0v) is 11.4. The summed E-state index contributed by atoms with van der Waals surface area (Å²) in [7, 11) is 0. The van der Waals surface area contributed by atoms with Crippen molar-refractivity contribution in [2.45, 2.75) is 51.0 Å². The summed E-state index contributed by atoms with van der Waals surface area (Å²) in [5.74, 6) is 0.582. The van der Waals surface area contributed by atoms with Crippen LogP contribution in [0, 0.1) is 5.92 Å². The van der Waals surface area contributed by atoms with Gasteiger partial charge in [0.2, 0.25) is 0 Å². The van der Waals surface area contributed by atoms with Crippen molar-refractivity contribution in [3.05, 3.63) is 35.4 Å². The highest BCUT2D eigenvalue weighted by atomic mass is 16.5. The Kier molecular flexibility index (Phi) is 3.97. The van der Waals surface area contributed by atoms with Crippen LogP contribution in [0.25, 0.3) is 0 Å². The third-order valence-electron chi connectivity index (χ3n) is 4.51. The first-order valence-electron chi connectivity index (χ1n) is 7.58. The number of ether oxygens (including phenoxy) is 1. The van der Waals surface area contributed by atoms with Gasteiger partial charge in [0, 0.05) is 18.1 Å². The quantitative estimate of drug-likeness (QED) is 0.771. The lowest BCUT2D eigenvalue weighted by molar-refractivity contribution is 0.0830. The molecule has 0 amide bonds. The van der Waals surface area contributed by atoms with E-state index in [9.17, 15) is 4.79 Å². The van der Waals surface area contributed by atoms with E-state index in [1.807, 2.05) is 18.2 Å². The summed E-state index contributed by atoms with van der Waals surface area (Å²) in [6.45, 7) is 0.909. The van der Waals surface area contributed by atoms with Crippen molar-refractivity contribution in [1.29, 1.82) is 0 Å². The van der Waals surface area contributed by atoms with E-state index in [1.165, 1.54) is 18.4 Å². The molecule has 1 saturated heterocycles. The number of benzene rings is 1. The molecule has 19 heavy (non-hydrogen) atoms. The van der Waals surface area contributed by atoms with Gasteiger partial charge in [-0.15, -0.1) is 0 Å². The zero-order valence-electron chi connectivity index (χ0n) is 11.4. The Morgan fingerprint density at radius 3 is 2.84 bits per heavy atom. The van der Waals surface area contributed by atoms with Crippen LogP contribution in [0.2, 0.25) is 0 Å². The summed E-state index contributed by atoms with van der Waals surface area (Å²) < 4.78 is 5.67. The van der Waals surface area contributed by atoms with Crippen LogP contribution in [-0.2, 0) is 11.2 Å². The highest BCUT2D eigenvalue weighted by Gasteiger charge is 2.26. The normalized spacial score (nSPS) is 27.1. The van der Waals surface area contributed by atoms with Gasteiger partial charge in [0.15, 0.2) is 5.78 Å². The topological polar surface area (TPSA) is 26.3 Å². The Morgan fingerprint density at radius 2 is 2.00 bits per heavy atom. The number of carbonyl (C=O) groups excluding carboxylic acids is 1. The molecule has 1 aliphatic heterocycles. The number of carbonyl (C=O) groups is 1. The second-order valence-corrected chi connectivity index (χ2v) is 5.82. The van der Waals surface area contributed by atoms with E-state index in [4.69, 9.17) is 4.74 Å². The highest BCUT2D eigenvalue weighted by molar-refractivity contribution is 5.99. The molecule has 1 heterocycles. The number of hydrogen-bond acceptors (Lipinski definition) is 2. The van der Waals surface area contributed by atoms with Crippen LogP contribution in [0.4, 0.5) is 0 Å². The molecule has 102 valence electrons. The molecule has 0 saturated carbocycles. The molecule has 3 rings (SSSR count). The molecule has 1 aromatic carbocycles. The van der Waals surface area contributed by atoms with Gasteiger partial charge < -0.3 is 4.74 Å². The van der Waals surface area contributed by atoms with Gasteiger partial charge >= 0.3 is 0 Å². The fraction of sp³-hybridized carbons (Fsp3) is 0.588. The second-order valence-electron chi connectivity index (χ2n) is 5.82. The van der Waals surface area contributed by atoms with Crippen LogP contribution in [0.15, 0.2) is 24.3 Å². The fourth-order valence-electron chi connectivity index (χ4n) is 3.40. The predicted octanol–water partition coefficient (Wildman–Crippen LogP) is 3.78. The fourth-order valence-corrected chi connectivity index (χ4v) is 3.40. The maximum Gasteiger partial charge on any atom is 0.166 e. The summed E-state index contributed by atoms with van der Waals surface area (Å²) in [5, 5.41) is 0. The summed E-state index contributed by atoms with van der Waals surface area (Å²) >= 11 is 0. The van der Waals surface area contributed by atoms with Crippen LogP contribution in [0.1, 0.15) is 54.4 Å². The summed E-state index contributed by atoms with van der Waals surface area (Å²) in [6.07, 6.45) is 8.06. The molecule has 2 unspecified atom stereocenters. The molecule has 2 atom stereocenters. The van der Waals surface area contributed by atoms with E-state index in [1.54, 1.807) is 0 Å². The summed E-state index contributed by atoms with van der Waals surface area (Å²) in [4.78, 5) is 12.6. The number of ketones is 1. The Balaban J connectivity index is 1.67. The molecule has 1 aliphatic carbocycles. The maximum atomic E-state index is 12.6. The number of fused-ring (bicyclic) bond motifs is 1. The first-order valence-corrected chi connectivity index (χ1v) is 7.58. The third kappa shape index (κ3) is 2.89. The molecule has 0 radical (unpaired) electrons. The van der Waals surface area contributed by atoms with E-state index >= 15 is 0 Å². The van der Waals surface area contributed by atoms with E-state index in [0.29, 0.717) is 11.9 Å². The van der Waals surface area contributed by atoms with Crippen molar-refractivity contribution in [3.8, 4) is 0 Å².